The highest BCUT2D eigenvalue weighted by Gasteiger charge is 2.12. The van der Waals surface area contributed by atoms with E-state index < -0.39 is 11.8 Å². The number of carbonyl (C=O) groups excluding carboxylic acids is 2. The minimum atomic E-state index is -0.798. The number of nitrogens with one attached hydrogen (secondary N) is 2. The van der Waals surface area contributed by atoms with Crippen molar-refractivity contribution in [2.45, 2.75) is 19.9 Å². The normalized spacial score (nSPS) is 10.0. The van der Waals surface area contributed by atoms with Crippen molar-refractivity contribution in [3.63, 3.8) is 0 Å². The van der Waals surface area contributed by atoms with Gasteiger partial charge in [0, 0.05) is 6.54 Å². The van der Waals surface area contributed by atoms with Gasteiger partial charge in [-0.15, -0.1) is 0 Å². The summed E-state index contributed by atoms with van der Waals surface area (Å²) in [7, 11) is 0. The van der Waals surface area contributed by atoms with E-state index in [0.717, 1.165) is 17.5 Å². The summed E-state index contributed by atoms with van der Waals surface area (Å²) in [5, 5.41) is 13.0. The molecule has 0 aliphatic heterocycles. The van der Waals surface area contributed by atoms with Crippen LogP contribution in [0.3, 0.4) is 0 Å². The number of allylic oxidation sites excluding steroid dienone is 1. The zero-order valence-electron chi connectivity index (χ0n) is 11.3. The van der Waals surface area contributed by atoms with Crippen molar-refractivity contribution in [1.29, 1.82) is 5.26 Å². The van der Waals surface area contributed by atoms with Crippen LogP contribution in [-0.4, -0.2) is 18.4 Å². The molecule has 0 aliphatic carbocycles. The van der Waals surface area contributed by atoms with Crippen molar-refractivity contribution < 1.29 is 9.59 Å². The molecule has 1 rings (SSSR count). The van der Waals surface area contributed by atoms with Gasteiger partial charge in [-0.25, -0.2) is 0 Å². The third kappa shape index (κ3) is 4.94. The molecule has 0 fully saturated rings. The van der Waals surface area contributed by atoms with E-state index in [9.17, 15) is 9.59 Å². The SMILES string of the molecule is CCC=Cc1ccccc1CNC(=O)C(=O)NCC#N. The summed E-state index contributed by atoms with van der Waals surface area (Å²) in [6, 6.07) is 9.37. The van der Waals surface area contributed by atoms with E-state index in [-0.39, 0.29) is 13.1 Å². The summed E-state index contributed by atoms with van der Waals surface area (Å²) in [4.78, 5) is 22.8. The van der Waals surface area contributed by atoms with Crippen molar-refractivity contribution in [3.05, 3.63) is 41.5 Å². The van der Waals surface area contributed by atoms with E-state index in [4.69, 9.17) is 5.26 Å². The average molecular weight is 271 g/mol. The molecule has 0 aromatic heterocycles. The second-order valence-electron chi connectivity index (χ2n) is 4.03. The number of rotatable bonds is 5. The molecule has 0 unspecified atom stereocenters. The van der Waals surface area contributed by atoms with E-state index in [1.165, 1.54) is 0 Å². The van der Waals surface area contributed by atoms with Gasteiger partial charge >= 0.3 is 11.8 Å². The van der Waals surface area contributed by atoms with Crippen LogP contribution in [0.1, 0.15) is 24.5 Å². The van der Waals surface area contributed by atoms with Crippen molar-refractivity contribution >= 4 is 17.9 Å². The number of carbonyl (C=O) groups is 2. The predicted octanol–water partition coefficient (Wildman–Crippen LogP) is 1.37. The van der Waals surface area contributed by atoms with Crippen molar-refractivity contribution in [3.8, 4) is 6.07 Å². The van der Waals surface area contributed by atoms with Gasteiger partial charge in [0.1, 0.15) is 6.54 Å². The number of nitriles is 1. The molecule has 20 heavy (non-hydrogen) atoms. The fourth-order valence-electron chi connectivity index (χ4n) is 1.56. The Morgan fingerprint density at radius 1 is 1.25 bits per heavy atom. The lowest BCUT2D eigenvalue weighted by Crippen LogP contribution is -2.39. The summed E-state index contributed by atoms with van der Waals surface area (Å²) in [5.74, 6) is -1.54. The van der Waals surface area contributed by atoms with E-state index in [0.29, 0.717) is 0 Å². The maximum atomic E-state index is 11.5. The van der Waals surface area contributed by atoms with Crippen LogP contribution in [0.25, 0.3) is 6.08 Å². The summed E-state index contributed by atoms with van der Waals surface area (Å²) in [6.45, 7) is 2.13. The highest BCUT2D eigenvalue weighted by Crippen LogP contribution is 2.10. The maximum Gasteiger partial charge on any atom is 0.310 e. The predicted molar refractivity (Wildman–Crippen MR) is 76.2 cm³/mol. The molecule has 0 aliphatic rings. The largest absolute Gasteiger partial charge is 0.344 e. The second kappa shape index (κ2) is 8.48. The van der Waals surface area contributed by atoms with Gasteiger partial charge in [-0.2, -0.15) is 5.26 Å². The first-order chi connectivity index (χ1) is 9.69. The summed E-state index contributed by atoms with van der Waals surface area (Å²) >= 11 is 0. The second-order valence-corrected chi connectivity index (χ2v) is 4.03. The number of nitrogens with zero attached hydrogens (tertiary/aromatic N) is 1. The van der Waals surface area contributed by atoms with E-state index in [1.807, 2.05) is 43.3 Å². The summed E-state index contributed by atoms with van der Waals surface area (Å²) < 4.78 is 0. The van der Waals surface area contributed by atoms with Gasteiger partial charge in [-0.3, -0.25) is 9.59 Å². The highest BCUT2D eigenvalue weighted by atomic mass is 16.2. The molecule has 0 bridgehead atoms. The van der Waals surface area contributed by atoms with Gasteiger partial charge < -0.3 is 10.6 Å². The minimum absolute atomic E-state index is 0.178. The average Bonchev–Trinajstić information content (AvgIpc) is 2.48. The van der Waals surface area contributed by atoms with Gasteiger partial charge in [0.15, 0.2) is 0 Å². The first-order valence-electron chi connectivity index (χ1n) is 6.36. The Hall–Kier alpha value is -2.61. The quantitative estimate of drug-likeness (QED) is 0.626. The van der Waals surface area contributed by atoms with Crippen molar-refractivity contribution in [1.82, 2.24) is 10.6 Å². The zero-order chi connectivity index (χ0) is 14.8. The van der Waals surface area contributed by atoms with Gasteiger partial charge in [0.2, 0.25) is 0 Å². The Morgan fingerprint density at radius 2 is 1.95 bits per heavy atom. The first kappa shape index (κ1) is 15.4. The Kier molecular flexibility index (Phi) is 6.55. The lowest BCUT2D eigenvalue weighted by atomic mass is 10.1. The molecule has 104 valence electrons. The maximum absolute atomic E-state index is 11.5. The molecule has 5 nitrogen and oxygen atoms in total. The Balaban J connectivity index is 2.61. The van der Waals surface area contributed by atoms with Crippen LogP contribution in [0.5, 0.6) is 0 Å². The lowest BCUT2D eigenvalue weighted by Gasteiger charge is -2.07. The molecule has 0 radical (unpaired) electrons. The standard InChI is InChI=1S/C15H17N3O2/c1-2-3-6-12-7-4-5-8-13(12)11-18-15(20)14(19)17-10-9-16/h3-8H,2,10-11H2,1H3,(H,17,19)(H,18,20). The summed E-state index contributed by atoms with van der Waals surface area (Å²) in [5.41, 5.74) is 1.94. The molecule has 0 saturated carbocycles. The topological polar surface area (TPSA) is 82.0 Å². The molecule has 0 atom stereocenters. The monoisotopic (exact) mass is 271 g/mol. The van der Waals surface area contributed by atoms with E-state index >= 15 is 0 Å². The van der Waals surface area contributed by atoms with Crippen LogP contribution < -0.4 is 10.6 Å². The smallest absolute Gasteiger partial charge is 0.310 e. The van der Waals surface area contributed by atoms with Gasteiger partial charge in [0.05, 0.1) is 6.07 Å². The highest BCUT2D eigenvalue weighted by molar-refractivity contribution is 6.35. The van der Waals surface area contributed by atoms with Crippen molar-refractivity contribution in [2.24, 2.45) is 0 Å². The molecule has 1 aromatic carbocycles. The molecular formula is C15H17N3O2. The number of hydrogen-bond acceptors (Lipinski definition) is 3. The fourth-order valence-corrected chi connectivity index (χ4v) is 1.56. The Labute approximate surface area is 118 Å². The molecule has 1 aromatic rings. The minimum Gasteiger partial charge on any atom is -0.344 e. The third-order valence-corrected chi connectivity index (χ3v) is 2.56. The Bertz CT molecular complexity index is 544. The van der Waals surface area contributed by atoms with E-state index in [2.05, 4.69) is 10.6 Å². The molecule has 0 spiro atoms. The van der Waals surface area contributed by atoms with Crippen LogP contribution in [0.15, 0.2) is 30.3 Å². The van der Waals surface area contributed by atoms with Crippen LogP contribution in [0.2, 0.25) is 0 Å². The number of hydrogen-bond donors (Lipinski definition) is 2. The van der Waals surface area contributed by atoms with Gasteiger partial charge in [-0.1, -0.05) is 43.3 Å². The Morgan fingerprint density at radius 3 is 2.65 bits per heavy atom. The molecule has 2 amide bonds. The molecule has 2 N–H and O–H groups in total. The van der Waals surface area contributed by atoms with E-state index in [1.54, 1.807) is 6.07 Å². The van der Waals surface area contributed by atoms with Crippen molar-refractivity contribution in [2.75, 3.05) is 6.54 Å². The van der Waals surface area contributed by atoms with Crippen LogP contribution >= 0.6 is 0 Å². The first-order valence-corrected chi connectivity index (χ1v) is 6.36. The molecule has 5 heteroatoms. The molecule has 0 heterocycles. The third-order valence-electron chi connectivity index (χ3n) is 2.56. The van der Waals surface area contributed by atoms with Crippen LogP contribution in [0, 0.1) is 11.3 Å². The number of amides is 2. The molecular weight excluding hydrogens is 254 g/mol. The van der Waals surface area contributed by atoms with Gasteiger partial charge in [0.25, 0.3) is 0 Å². The molecule has 0 saturated heterocycles. The van der Waals surface area contributed by atoms with Crippen LogP contribution in [0.4, 0.5) is 0 Å². The number of benzene rings is 1. The van der Waals surface area contributed by atoms with Crippen LogP contribution in [-0.2, 0) is 16.1 Å². The van der Waals surface area contributed by atoms with Gasteiger partial charge in [-0.05, 0) is 17.5 Å². The summed E-state index contributed by atoms with van der Waals surface area (Å²) in [6.07, 6.45) is 4.94. The lowest BCUT2D eigenvalue weighted by molar-refractivity contribution is -0.139. The zero-order valence-corrected chi connectivity index (χ0v) is 11.3. The fraction of sp³-hybridized carbons (Fsp3) is 0.267.